The van der Waals surface area contributed by atoms with Gasteiger partial charge in [-0.15, -0.1) is 0 Å². The van der Waals surface area contributed by atoms with Crippen LogP contribution in [0.1, 0.15) is 65.0 Å². The SMILES string of the molecule is CC1CCC2(CC1)OC[C@@H](C(=O)N[C@H](C)c1ccccc1)N2C(=O)C(C)C. The first-order valence-electron chi connectivity index (χ1n) is 10.2. The summed E-state index contributed by atoms with van der Waals surface area (Å²) in [6.45, 7) is 8.26. The molecule has 2 fully saturated rings. The molecular weight excluding hydrogens is 340 g/mol. The Morgan fingerprint density at radius 2 is 1.78 bits per heavy atom. The molecule has 5 nitrogen and oxygen atoms in total. The van der Waals surface area contributed by atoms with Crippen molar-refractivity contribution in [2.45, 2.75) is 71.2 Å². The Bertz CT molecular complexity index is 665. The summed E-state index contributed by atoms with van der Waals surface area (Å²) in [5.74, 6) is 0.358. The zero-order chi connectivity index (χ0) is 19.6. The topological polar surface area (TPSA) is 58.6 Å². The standard InChI is InChI=1S/C22H32N2O3/c1-15(2)21(26)24-19(14-27-22(24)12-10-16(3)11-13-22)20(25)23-17(4)18-8-6-5-7-9-18/h5-9,15-17,19H,10-14H2,1-4H3,(H,23,25)/t16?,17-,19+,22?/m1/s1. The van der Waals surface area contributed by atoms with Gasteiger partial charge in [-0.05, 0) is 44.1 Å². The van der Waals surface area contributed by atoms with Crippen LogP contribution < -0.4 is 5.32 Å². The van der Waals surface area contributed by atoms with Crippen LogP contribution in [0.5, 0.6) is 0 Å². The molecule has 0 bridgehead atoms. The molecule has 0 aromatic heterocycles. The first-order chi connectivity index (χ1) is 12.8. The summed E-state index contributed by atoms with van der Waals surface area (Å²) in [5.41, 5.74) is 0.443. The largest absolute Gasteiger partial charge is 0.353 e. The van der Waals surface area contributed by atoms with Crippen LogP contribution in [0.15, 0.2) is 30.3 Å². The van der Waals surface area contributed by atoms with Crippen molar-refractivity contribution in [3.8, 4) is 0 Å². The smallest absolute Gasteiger partial charge is 0.245 e. The summed E-state index contributed by atoms with van der Waals surface area (Å²) < 4.78 is 6.18. The summed E-state index contributed by atoms with van der Waals surface area (Å²) in [6.07, 6.45) is 3.67. The van der Waals surface area contributed by atoms with Crippen LogP contribution in [0, 0.1) is 11.8 Å². The molecule has 2 amide bonds. The molecule has 1 spiro atoms. The minimum atomic E-state index is -0.605. The van der Waals surface area contributed by atoms with E-state index >= 15 is 0 Å². The van der Waals surface area contributed by atoms with E-state index in [9.17, 15) is 9.59 Å². The molecule has 3 rings (SSSR count). The molecule has 1 saturated carbocycles. The highest BCUT2D eigenvalue weighted by molar-refractivity contribution is 5.89. The van der Waals surface area contributed by atoms with Gasteiger partial charge in [0.2, 0.25) is 11.8 Å². The molecule has 1 aliphatic heterocycles. The Labute approximate surface area is 162 Å². The van der Waals surface area contributed by atoms with Crippen LogP contribution in [0.2, 0.25) is 0 Å². The van der Waals surface area contributed by atoms with Crippen molar-refractivity contribution in [3.05, 3.63) is 35.9 Å². The van der Waals surface area contributed by atoms with Gasteiger partial charge in [-0.1, -0.05) is 51.1 Å². The van der Waals surface area contributed by atoms with E-state index in [-0.39, 0.29) is 30.4 Å². The number of hydrogen-bond acceptors (Lipinski definition) is 3. The maximum Gasteiger partial charge on any atom is 0.245 e. The fourth-order valence-electron chi connectivity index (χ4n) is 4.22. The maximum atomic E-state index is 13.1. The molecule has 5 heteroatoms. The number of carbonyl (C=O) groups is 2. The second-order valence-electron chi connectivity index (χ2n) is 8.46. The van der Waals surface area contributed by atoms with E-state index in [1.807, 2.05) is 51.1 Å². The first-order valence-corrected chi connectivity index (χ1v) is 10.2. The normalized spacial score (nSPS) is 29.1. The van der Waals surface area contributed by atoms with E-state index in [1.54, 1.807) is 4.90 Å². The van der Waals surface area contributed by atoms with Gasteiger partial charge in [0.15, 0.2) is 0 Å². The Morgan fingerprint density at radius 1 is 1.15 bits per heavy atom. The van der Waals surface area contributed by atoms with Gasteiger partial charge in [0, 0.05) is 5.92 Å². The lowest BCUT2D eigenvalue weighted by atomic mass is 9.83. The third-order valence-corrected chi connectivity index (χ3v) is 6.01. The first kappa shape index (κ1) is 19.9. The molecule has 0 radical (unpaired) electrons. The highest BCUT2D eigenvalue weighted by Crippen LogP contribution is 2.43. The van der Waals surface area contributed by atoms with Crippen molar-refractivity contribution in [1.29, 1.82) is 0 Å². The van der Waals surface area contributed by atoms with E-state index in [1.165, 1.54) is 0 Å². The molecular formula is C22H32N2O3. The lowest BCUT2D eigenvalue weighted by molar-refractivity contribution is -0.164. The van der Waals surface area contributed by atoms with Gasteiger partial charge in [0.1, 0.15) is 11.8 Å². The minimum Gasteiger partial charge on any atom is -0.353 e. The Hall–Kier alpha value is -1.88. The summed E-state index contributed by atoms with van der Waals surface area (Å²) >= 11 is 0. The number of rotatable bonds is 4. The molecule has 1 aromatic carbocycles. The van der Waals surface area contributed by atoms with Crippen LogP contribution in [0.3, 0.4) is 0 Å². The van der Waals surface area contributed by atoms with Gasteiger partial charge in [-0.2, -0.15) is 0 Å². The molecule has 1 aromatic rings. The summed E-state index contributed by atoms with van der Waals surface area (Å²) in [5, 5.41) is 3.08. The highest BCUT2D eigenvalue weighted by Gasteiger charge is 2.53. The number of ether oxygens (including phenoxy) is 1. The van der Waals surface area contributed by atoms with E-state index < -0.39 is 11.8 Å². The molecule has 1 aliphatic carbocycles. The summed E-state index contributed by atoms with van der Waals surface area (Å²) in [7, 11) is 0. The van der Waals surface area contributed by atoms with Crippen LogP contribution >= 0.6 is 0 Å². The van der Waals surface area contributed by atoms with Gasteiger partial charge in [-0.25, -0.2) is 0 Å². The number of nitrogens with zero attached hydrogens (tertiary/aromatic N) is 1. The minimum absolute atomic E-state index is 0.00886. The summed E-state index contributed by atoms with van der Waals surface area (Å²) in [6, 6.07) is 9.21. The molecule has 2 aliphatic rings. The van der Waals surface area contributed by atoms with Crippen molar-refractivity contribution < 1.29 is 14.3 Å². The lowest BCUT2D eigenvalue weighted by Gasteiger charge is -2.43. The zero-order valence-electron chi connectivity index (χ0n) is 16.9. The second kappa shape index (κ2) is 8.01. The van der Waals surface area contributed by atoms with Crippen molar-refractivity contribution >= 4 is 11.8 Å². The Kier molecular flexibility index (Phi) is 5.89. The van der Waals surface area contributed by atoms with Crippen LogP contribution in [-0.4, -0.2) is 35.1 Å². The number of amides is 2. The van der Waals surface area contributed by atoms with Crippen LogP contribution in [0.4, 0.5) is 0 Å². The summed E-state index contributed by atoms with van der Waals surface area (Å²) in [4.78, 5) is 27.9. The fourth-order valence-corrected chi connectivity index (χ4v) is 4.22. The Morgan fingerprint density at radius 3 is 2.37 bits per heavy atom. The quantitative estimate of drug-likeness (QED) is 0.878. The second-order valence-corrected chi connectivity index (χ2v) is 8.46. The van der Waals surface area contributed by atoms with Crippen molar-refractivity contribution in [3.63, 3.8) is 0 Å². The van der Waals surface area contributed by atoms with Crippen LogP contribution in [-0.2, 0) is 14.3 Å². The number of carbonyl (C=O) groups excluding carboxylic acids is 2. The van der Waals surface area contributed by atoms with E-state index in [0.29, 0.717) is 5.92 Å². The van der Waals surface area contributed by atoms with Gasteiger partial charge < -0.3 is 10.1 Å². The lowest BCUT2D eigenvalue weighted by Crippen LogP contribution is -2.58. The van der Waals surface area contributed by atoms with E-state index in [4.69, 9.17) is 4.74 Å². The predicted octanol–water partition coefficient (Wildman–Crippen LogP) is 3.65. The number of benzene rings is 1. The average molecular weight is 373 g/mol. The molecule has 0 unspecified atom stereocenters. The van der Waals surface area contributed by atoms with Gasteiger partial charge >= 0.3 is 0 Å². The third-order valence-electron chi connectivity index (χ3n) is 6.01. The molecule has 1 saturated heterocycles. The van der Waals surface area contributed by atoms with Crippen molar-refractivity contribution in [2.75, 3.05) is 6.61 Å². The highest BCUT2D eigenvalue weighted by atomic mass is 16.5. The number of nitrogens with one attached hydrogen (secondary N) is 1. The fraction of sp³-hybridized carbons (Fsp3) is 0.636. The van der Waals surface area contributed by atoms with Crippen LogP contribution in [0.25, 0.3) is 0 Å². The van der Waals surface area contributed by atoms with E-state index in [0.717, 1.165) is 31.2 Å². The molecule has 148 valence electrons. The molecule has 2 atom stereocenters. The monoisotopic (exact) mass is 372 g/mol. The van der Waals surface area contributed by atoms with Gasteiger partial charge in [0.25, 0.3) is 0 Å². The maximum absolute atomic E-state index is 13.1. The third kappa shape index (κ3) is 4.03. The van der Waals surface area contributed by atoms with Gasteiger partial charge in [-0.3, -0.25) is 14.5 Å². The number of hydrogen-bond donors (Lipinski definition) is 1. The molecule has 1 heterocycles. The molecule has 27 heavy (non-hydrogen) atoms. The Balaban J connectivity index is 1.78. The van der Waals surface area contributed by atoms with Gasteiger partial charge in [0.05, 0.1) is 12.6 Å². The van der Waals surface area contributed by atoms with Crippen molar-refractivity contribution in [1.82, 2.24) is 10.2 Å². The molecule has 1 N–H and O–H groups in total. The van der Waals surface area contributed by atoms with E-state index in [2.05, 4.69) is 12.2 Å². The average Bonchev–Trinajstić information content (AvgIpc) is 3.03. The zero-order valence-corrected chi connectivity index (χ0v) is 16.9. The van der Waals surface area contributed by atoms with Crippen molar-refractivity contribution in [2.24, 2.45) is 11.8 Å². The predicted molar refractivity (Wildman–Crippen MR) is 105 cm³/mol.